The molecule has 5 aromatic carbocycles. The van der Waals surface area contributed by atoms with Crippen molar-refractivity contribution in [2.24, 2.45) is 0 Å². The number of anilines is 4. The first-order valence-electron chi connectivity index (χ1n) is 21.8. The number of aromatic nitrogens is 6. The lowest BCUT2D eigenvalue weighted by molar-refractivity contribution is 0.112. The predicted octanol–water partition coefficient (Wildman–Crippen LogP) is 11.0. The number of carbonyl (C=O) groups is 1. The van der Waals surface area contributed by atoms with Crippen molar-refractivity contribution >= 4 is 51.1 Å². The van der Waals surface area contributed by atoms with E-state index in [2.05, 4.69) is 137 Å². The number of fused-ring (bicyclic) bond motifs is 4. The number of aryl methyl sites for hydroxylation is 3. The molecule has 6 heterocycles. The normalized spacial score (nSPS) is 13.0. The van der Waals surface area contributed by atoms with Gasteiger partial charge >= 0.3 is 0 Å². The smallest absolute Gasteiger partial charge is 0.150 e. The average molecular weight is 855 g/mol. The lowest BCUT2D eigenvalue weighted by atomic mass is 10.1. The van der Waals surface area contributed by atoms with Crippen LogP contribution in [-0.2, 0) is 39.3 Å². The number of carbonyl (C=O) groups excluding carboxylic acids is 1. The minimum absolute atomic E-state index is 0.775. The highest BCUT2D eigenvalue weighted by Crippen LogP contribution is 2.32. The Kier molecular flexibility index (Phi) is 12.9. The fourth-order valence-electron chi connectivity index (χ4n) is 8.25. The van der Waals surface area contributed by atoms with Gasteiger partial charge in [-0.15, -0.1) is 0 Å². The summed E-state index contributed by atoms with van der Waals surface area (Å²) in [5.41, 5.74) is 15.6. The van der Waals surface area contributed by atoms with Crippen molar-refractivity contribution in [1.82, 2.24) is 39.7 Å². The second-order valence-electron chi connectivity index (χ2n) is 16.5. The molecule has 0 spiro atoms. The summed E-state index contributed by atoms with van der Waals surface area (Å²) in [6.07, 6.45) is 7.88. The molecule has 322 valence electrons. The van der Waals surface area contributed by atoms with Crippen molar-refractivity contribution in [1.29, 1.82) is 0 Å². The first-order valence-corrected chi connectivity index (χ1v) is 21.8. The molecule has 0 bridgehead atoms. The molecule has 0 amide bonds. The first-order chi connectivity index (χ1) is 31.9. The summed E-state index contributed by atoms with van der Waals surface area (Å²) in [5, 5.41) is 9.12. The standard InChI is InChI=1S/2C23H21N5.C8H8O/c2*1-16-6-2-3-8-18(16)12-28-13-20-22(14-28)25-15-26-23(20)27-19-10-17-7-4-5-9-21(17)24-11-19;1-7-4-2-3-5-8(7)6-9/h2*2-11,15H,12-14H2,1H3,(H,25,26,27);2-6H,1H3. The zero-order valence-corrected chi connectivity index (χ0v) is 36.8. The second kappa shape index (κ2) is 19.8. The van der Waals surface area contributed by atoms with Crippen LogP contribution in [0.5, 0.6) is 0 Å². The number of pyridine rings is 2. The largest absolute Gasteiger partial charge is 0.339 e. The van der Waals surface area contributed by atoms with Gasteiger partial charge in [-0.05, 0) is 72.9 Å². The van der Waals surface area contributed by atoms with Crippen molar-refractivity contribution in [3.05, 3.63) is 214 Å². The van der Waals surface area contributed by atoms with E-state index < -0.39 is 0 Å². The van der Waals surface area contributed by atoms with Gasteiger partial charge in [0.25, 0.3) is 0 Å². The quantitative estimate of drug-likeness (QED) is 0.135. The third kappa shape index (κ3) is 10.2. The van der Waals surface area contributed by atoms with Crippen molar-refractivity contribution in [2.75, 3.05) is 10.6 Å². The minimum atomic E-state index is 0.775. The number of hydrogen-bond donors (Lipinski definition) is 2. The second-order valence-corrected chi connectivity index (χ2v) is 16.5. The Morgan fingerprint density at radius 1 is 0.492 bits per heavy atom. The molecule has 4 aromatic heterocycles. The zero-order chi connectivity index (χ0) is 44.5. The molecule has 9 aromatic rings. The average Bonchev–Trinajstić information content (AvgIpc) is 3.96. The maximum atomic E-state index is 10.2. The fourth-order valence-corrected chi connectivity index (χ4v) is 8.25. The lowest BCUT2D eigenvalue weighted by Crippen LogP contribution is -2.16. The van der Waals surface area contributed by atoms with E-state index in [0.717, 1.165) is 113 Å². The molecular formula is C54H50N10O. The SMILES string of the molecule is Cc1ccccc1C=O.Cc1ccccc1CN1Cc2ncnc(Nc3cnc4ccccc4c3)c2C1.Cc1ccccc1CN1Cc2ncnc(Nc3cnc4ccccc4c3)c2C1. The Balaban J connectivity index is 0.000000138. The van der Waals surface area contributed by atoms with E-state index in [1.165, 1.54) is 33.4 Å². The van der Waals surface area contributed by atoms with E-state index in [4.69, 9.17) is 0 Å². The molecule has 0 saturated heterocycles. The zero-order valence-electron chi connectivity index (χ0n) is 36.8. The van der Waals surface area contributed by atoms with Crippen molar-refractivity contribution < 1.29 is 4.79 Å². The first kappa shape index (κ1) is 42.6. The van der Waals surface area contributed by atoms with E-state index in [9.17, 15) is 4.79 Å². The van der Waals surface area contributed by atoms with Crippen LogP contribution in [0.1, 0.15) is 60.7 Å². The molecule has 0 fully saturated rings. The molecule has 0 saturated carbocycles. The van der Waals surface area contributed by atoms with E-state index in [-0.39, 0.29) is 0 Å². The number of rotatable bonds is 9. The van der Waals surface area contributed by atoms with Gasteiger partial charge in [0.15, 0.2) is 0 Å². The highest BCUT2D eigenvalue weighted by Gasteiger charge is 2.26. The fraction of sp³-hybridized carbons (Fsp3) is 0.167. The van der Waals surface area contributed by atoms with Crippen LogP contribution in [0.2, 0.25) is 0 Å². The van der Waals surface area contributed by atoms with E-state index in [1.54, 1.807) is 12.7 Å². The number of nitrogens with zero attached hydrogens (tertiary/aromatic N) is 8. The van der Waals surface area contributed by atoms with Gasteiger partial charge in [-0.2, -0.15) is 0 Å². The highest BCUT2D eigenvalue weighted by atomic mass is 16.1. The lowest BCUT2D eigenvalue weighted by Gasteiger charge is -2.16. The minimum Gasteiger partial charge on any atom is -0.339 e. The Labute approximate surface area is 379 Å². The van der Waals surface area contributed by atoms with E-state index in [0.29, 0.717) is 0 Å². The van der Waals surface area contributed by atoms with Gasteiger partial charge in [-0.25, -0.2) is 19.9 Å². The summed E-state index contributed by atoms with van der Waals surface area (Å²) < 4.78 is 0. The van der Waals surface area contributed by atoms with Gasteiger partial charge in [0.2, 0.25) is 0 Å². The highest BCUT2D eigenvalue weighted by molar-refractivity contribution is 5.83. The van der Waals surface area contributed by atoms with Crippen molar-refractivity contribution in [2.45, 2.75) is 60.0 Å². The summed E-state index contributed by atoms with van der Waals surface area (Å²) in [4.78, 5) is 42.2. The van der Waals surface area contributed by atoms with Gasteiger partial charge < -0.3 is 10.6 Å². The monoisotopic (exact) mass is 854 g/mol. The summed E-state index contributed by atoms with van der Waals surface area (Å²) >= 11 is 0. The number of para-hydroxylation sites is 2. The van der Waals surface area contributed by atoms with Crippen LogP contribution in [0.4, 0.5) is 23.0 Å². The Hall–Kier alpha value is -7.73. The molecular weight excluding hydrogens is 805 g/mol. The van der Waals surface area contributed by atoms with Gasteiger partial charge in [0.1, 0.15) is 30.6 Å². The molecule has 0 radical (unpaired) electrons. The number of aldehydes is 1. The van der Waals surface area contributed by atoms with Crippen LogP contribution in [-0.4, -0.2) is 46.0 Å². The summed E-state index contributed by atoms with van der Waals surface area (Å²) in [6, 6.07) is 45.1. The van der Waals surface area contributed by atoms with Crippen molar-refractivity contribution in [3.63, 3.8) is 0 Å². The molecule has 2 aliphatic rings. The maximum Gasteiger partial charge on any atom is 0.150 e. The summed E-state index contributed by atoms with van der Waals surface area (Å²) in [7, 11) is 0. The number of nitrogens with one attached hydrogen (secondary N) is 2. The topological polar surface area (TPSA) is 125 Å². The van der Waals surface area contributed by atoms with Crippen LogP contribution < -0.4 is 10.6 Å². The third-order valence-electron chi connectivity index (χ3n) is 11.9. The molecule has 11 rings (SSSR count). The van der Waals surface area contributed by atoms with Crippen LogP contribution >= 0.6 is 0 Å². The Morgan fingerprint density at radius 2 is 0.923 bits per heavy atom. The van der Waals surface area contributed by atoms with Crippen LogP contribution in [0.25, 0.3) is 21.8 Å². The van der Waals surface area contributed by atoms with Gasteiger partial charge in [0.05, 0.1) is 46.2 Å². The maximum absolute atomic E-state index is 10.2. The molecule has 11 nitrogen and oxygen atoms in total. The molecule has 2 aliphatic heterocycles. The molecule has 65 heavy (non-hydrogen) atoms. The van der Waals surface area contributed by atoms with Crippen LogP contribution in [0, 0.1) is 20.8 Å². The summed E-state index contributed by atoms with van der Waals surface area (Å²) in [6.45, 7) is 11.5. The van der Waals surface area contributed by atoms with Crippen LogP contribution in [0.3, 0.4) is 0 Å². The van der Waals surface area contributed by atoms with Gasteiger partial charge in [0, 0.05) is 66.7 Å². The van der Waals surface area contributed by atoms with Gasteiger partial charge in [-0.3, -0.25) is 24.6 Å². The van der Waals surface area contributed by atoms with Gasteiger partial charge in [-0.1, -0.05) is 109 Å². The molecule has 0 aliphatic carbocycles. The summed E-state index contributed by atoms with van der Waals surface area (Å²) in [5.74, 6) is 1.74. The molecule has 0 atom stereocenters. The Bertz CT molecular complexity index is 2930. The van der Waals surface area contributed by atoms with E-state index >= 15 is 0 Å². The predicted molar refractivity (Wildman–Crippen MR) is 259 cm³/mol. The molecule has 11 heteroatoms. The Morgan fingerprint density at radius 3 is 1.37 bits per heavy atom. The van der Waals surface area contributed by atoms with E-state index in [1.807, 2.05) is 80.0 Å². The number of benzene rings is 5. The molecule has 2 N–H and O–H groups in total. The van der Waals surface area contributed by atoms with Crippen LogP contribution in [0.15, 0.2) is 159 Å². The number of hydrogen-bond acceptors (Lipinski definition) is 11. The third-order valence-corrected chi connectivity index (χ3v) is 11.9. The van der Waals surface area contributed by atoms with Crippen molar-refractivity contribution in [3.8, 4) is 0 Å². The molecule has 0 unspecified atom stereocenters.